The molecule has 1 aromatic carbocycles. The third-order valence-corrected chi connectivity index (χ3v) is 3.72. The van der Waals surface area contributed by atoms with Crippen molar-refractivity contribution in [3.05, 3.63) is 41.1 Å². The van der Waals surface area contributed by atoms with Gasteiger partial charge in [0.25, 0.3) is 5.91 Å². The molecule has 1 amide bonds. The van der Waals surface area contributed by atoms with E-state index in [-0.39, 0.29) is 17.7 Å². The third-order valence-electron chi connectivity index (χ3n) is 3.49. The van der Waals surface area contributed by atoms with Gasteiger partial charge in [-0.2, -0.15) is 0 Å². The number of hydrogen-bond acceptors (Lipinski definition) is 4. The fourth-order valence-electron chi connectivity index (χ4n) is 2.40. The summed E-state index contributed by atoms with van der Waals surface area (Å²) in [4.78, 5) is 12.1. The second-order valence-corrected chi connectivity index (χ2v) is 5.54. The number of halogens is 1. The van der Waals surface area contributed by atoms with Crippen molar-refractivity contribution in [1.29, 1.82) is 0 Å². The number of aromatic nitrogens is 1. The van der Waals surface area contributed by atoms with Crippen molar-refractivity contribution in [3.63, 3.8) is 0 Å². The van der Waals surface area contributed by atoms with Gasteiger partial charge in [-0.1, -0.05) is 28.9 Å². The highest BCUT2D eigenvalue weighted by atomic mass is 35.5. The number of benzene rings is 1. The van der Waals surface area contributed by atoms with Crippen LogP contribution in [0.25, 0.3) is 11.3 Å². The van der Waals surface area contributed by atoms with Crippen LogP contribution in [0.2, 0.25) is 5.02 Å². The van der Waals surface area contributed by atoms with E-state index in [2.05, 4.69) is 15.8 Å². The lowest BCUT2D eigenvalue weighted by atomic mass is 10.1. The van der Waals surface area contributed by atoms with Crippen LogP contribution in [0.1, 0.15) is 23.4 Å². The number of nitrogens with zero attached hydrogens (tertiary/aromatic N) is 1. The van der Waals surface area contributed by atoms with Gasteiger partial charge in [-0.05, 0) is 31.5 Å². The van der Waals surface area contributed by atoms with Crippen LogP contribution in [0.3, 0.4) is 0 Å². The minimum atomic E-state index is -0.232. The number of carbonyl (C=O) groups is 1. The molecule has 110 valence electrons. The topological polar surface area (TPSA) is 67.2 Å². The highest BCUT2D eigenvalue weighted by molar-refractivity contribution is 6.30. The Kier molecular flexibility index (Phi) is 4.22. The second-order valence-electron chi connectivity index (χ2n) is 5.10. The van der Waals surface area contributed by atoms with Crippen molar-refractivity contribution in [1.82, 2.24) is 15.8 Å². The first-order chi connectivity index (χ1) is 10.2. The Morgan fingerprint density at radius 2 is 2.33 bits per heavy atom. The van der Waals surface area contributed by atoms with Crippen LogP contribution < -0.4 is 10.6 Å². The molecule has 0 radical (unpaired) electrons. The van der Waals surface area contributed by atoms with Crippen LogP contribution in [0.5, 0.6) is 0 Å². The molecule has 1 aliphatic heterocycles. The summed E-state index contributed by atoms with van der Waals surface area (Å²) in [7, 11) is 0. The second kappa shape index (κ2) is 6.28. The van der Waals surface area contributed by atoms with Gasteiger partial charge in [-0.15, -0.1) is 0 Å². The van der Waals surface area contributed by atoms with E-state index in [0.717, 1.165) is 31.5 Å². The van der Waals surface area contributed by atoms with Gasteiger partial charge in [0.2, 0.25) is 5.76 Å². The van der Waals surface area contributed by atoms with Crippen molar-refractivity contribution in [2.75, 3.05) is 13.1 Å². The summed E-state index contributed by atoms with van der Waals surface area (Å²) in [5, 5.41) is 10.8. The van der Waals surface area contributed by atoms with Gasteiger partial charge in [0.15, 0.2) is 0 Å². The quantitative estimate of drug-likeness (QED) is 0.914. The molecule has 0 bridgehead atoms. The Balaban J connectivity index is 1.70. The Bertz CT molecular complexity index is 635. The predicted octanol–water partition coefficient (Wildman–Crippen LogP) is 2.48. The summed E-state index contributed by atoms with van der Waals surface area (Å²) >= 11 is 5.95. The molecule has 3 rings (SSSR count). The summed E-state index contributed by atoms with van der Waals surface area (Å²) in [5.41, 5.74) is 1.43. The van der Waals surface area contributed by atoms with E-state index in [0.29, 0.717) is 10.7 Å². The van der Waals surface area contributed by atoms with Crippen LogP contribution in [0, 0.1) is 0 Å². The molecule has 2 heterocycles. The summed E-state index contributed by atoms with van der Waals surface area (Å²) in [6, 6.07) is 9.06. The zero-order chi connectivity index (χ0) is 14.7. The Hall–Kier alpha value is -1.85. The maximum absolute atomic E-state index is 12.1. The molecule has 5 nitrogen and oxygen atoms in total. The maximum atomic E-state index is 12.1. The maximum Gasteiger partial charge on any atom is 0.290 e. The van der Waals surface area contributed by atoms with Gasteiger partial charge in [0, 0.05) is 29.2 Å². The smallest absolute Gasteiger partial charge is 0.290 e. The zero-order valence-electron chi connectivity index (χ0n) is 11.4. The van der Waals surface area contributed by atoms with Gasteiger partial charge in [0.05, 0.1) is 0 Å². The molecule has 21 heavy (non-hydrogen) atoms. The molecule has 2 N–H and O–H groups in total. The van der Waals surface area contributed by atoms with E-state index in [4.69, 9.17) is 16.1 Å². The largest absolute Gasteiger partial charge is 0.350 e. The van der Waals surface area contributed by atoms with Crippen LogP contribution in [0.15, 0.2) is 34.9 Å². The van der Waals surface area contributed by atoms with Crippen LogP contribution in [-0.4, -0.2) is 30.2 Å². The molecule has 0 saturated carbocycles. The predicted molar refractivity (Wildman–Crippen MR) is 80.3 cm³/mol. The fourth-order valence-corrected chi connectivity index (χ4v) is 2.59. The van der Waals surface area contributed by atoms with Crippen molar-refractivity contribution >= 4 is 17.5 Å². The molecule has 2 aromatic rings. The molecule has 0 spiro atoms. The molecule has 6 heteroatoms. The van der Waals surface area contributed by atoms with Gasteiger partial charge < -0.3 is 15.2 Å². The van der Waals surface area contributed by atoms with Crippen LogP contribution >= 0.6 is 11.6 Å². The number of hydrogen-bond donors (Lipinski definition) is 2. The van der Waals surface area contributed by atoms with Crippen LogP contribution in [0.4, 0.5) is 0 Å². The van der Waals surface area contributed by atoms with E-state index in [1.54, 1.807) is 18.2 Å². The fraction of sp³-hybridized carbons (Fsp3) is 0.333. The van der Waals surface area contributed by atoms with Crippen molar-refractivity contribution < 1.29 is 9.32 Å². The number of nitrogens with one attached hydrogen (secondary N) is 2. The molecule has 1 saturated heterocycles. The van der Waals surface area contributed by atoms with E-state index in [1.165, 1.54) is 0 Å². The van der Waals surface area contributed by atoms with Crippen molar-refractivity contribution in [2.24, 2.45) is 0 Å². The Morgan fingerprint density at radius 3 is 3.10 bits per heavy atom. The molecular weight excluding hydrogens is 290 g/mol. The lowest BCUT2D eigenvalue weighted by Crippen LogP contribution is -2.45. The number of piperidine rings is 1. The SMILES string of the molecule is O=C(N[C@H]1CCCNC1)c1cc(-c2cccc(Cl)c2)no1. The summed E-state index contributed by atoms with van der Waals surface area (Å²) in [5.74, 6) is -0.0139. The highest BCUT2D eigenvalue weighted by Crippen LogP contribution is 2.22. The summed E-state index contributed by atoms with van der Waals surface area (Å²) in [6.45, 7) is 1.80. The minimum absolute atomic E-state index is 0.144. The number of rotatable bonds is 3. The lowest BCUT2D eigenvalue weighted by molar-refractivity contribution is 0.0893. The first-order valence-corrected chi connectivity index (χ1v) is 7.34. The first-order valence-electron chi connectivity index (χ1n) is 6.96. The summed E-state index contributed by atoms with van der Waals surface area (Å²) in [6.07, 6.45) is 2.04. The lowest BCUT2D eigenvalue weighted by Gasteiger charge is -2.23. The molecular formula is C15H16ClN3O2. The Labute approximate surface area is 127 Å². The van der Waals surface area contributed by atoms with E-state index in [9.17, 15) is 4.79 Å². The average Bonchev–Trinajstić information content (AvgIpc) is 2.98. The minimum Gasteiger partial charge on any atom is -0.350 e. The van der Waals surface area contributed by atoms with Crippen LogP contribution in [-0.2, 0) is 0 Å². The third kappa shape index (κ3) is 3.43. The standard InChI is InChI=1S/C15H16ClN3O2/c16-11-4-1-3-10(7-11)13-8-14(21-19-13)15(20)18-12-5-2-6-17-9-12/h1,3-4,7-8,12,17H,2,5-6,9H2,(H,18,20)/t12-/m0/s1. The van der Waals surface area contributed by atoms with E-state index >= 15 is 0 Å². The zero-order valence-corrected chi connectivity index (χ0v) is 12.2. The summed E-state index contributed by atoms with van der Waals surface area (Å²) < 4.78 is 5.14. The number of carbonyl (C=O) groups excluding carboxylic acids is 1. The molecule has 1 aromatic heterocycles. The Morgan fingerprint density at radius 1 is 1.43 bits per heavy atom. The van der Waals surface area contributed by atoms with Gasteiger partial charge >= 0.3 is 0 Å². The van der Waals surface area contributed by atoms with Gasteiger partial charge in [0.1, 0.15) is 5.69 Å². The molecule has 0 unspecified atom stereocenters. The molecule has 1 atom stereocenters. The molecule has 1 fully saturated rings. The van der Waals surface area contributed by atoms with E-state index in [1.807, 2.05) is 12.1 Å². The van der Waals surface area contributed by atoms with Crippen molar-refractivity contribution in [2.45, 2.75) is 18.9 Å². The first kappa shape index (κ1) is 14.1. The average molecular weight is 306 g/mol. The van der Waals surface area contributed by atoms with Gasteiger partial charge in [-0.3, -0.25) is 4.79 Å². The highest BCUT2D eigenvalue weighted by Gasteiger charge is 2.19. The van der Waals surface area contributed by atoms with Crippen molar-refractivity contribution in [3.8, 4) is 11.3 Å². The molecule has 1 aliphatic rings. The monoisotopic (exact) mass is 305 g/mol. The van der Waals surface area contributed by atoms with E-state index < -0.39 is 0 Å². The van der Waals surface area contributed by atoms with Gasteiger partial charge in [-0.25, -0.2) is 0 Å². The normalized spacial score (nSPS) is 18.4. The number of amides is 1. The molecule has 0 aliphatic carbocycles.